The molecule has 3 rings (SSSR count). The van der Waals surface area contributed by atoms with E-state index in [1.165, 1.54) is 22.9 Å². The predicted molar refractivity (Wildman–Crippen MR) is 137 cm³/mol. The standard InChI is InChI=1S/C26H31NO3S2/c1-25(2,3)19-12-17(13-20(22(19)29-7)26(4,5)6)15-30-18-10-8-9-16(11-18)14-21-23(28)27-24(31)32-21/h8-14H,15H2,1-7H3,(H,27,28,31). The van der Waals surface area contributed by atoms with Crippen molar-refractivity contribution < 1.29 is 14.3 Å². The van der Waals surface area contributed by atoms with Crippen molar-refractivity contribution in [2.45, 2.75) is 59.0 Å². The maximum absolute atomic E-state index is 11.9. The summed E-state index contributed by atoms with van der Waals surface area (Å²) in [6, 6.07) is 12.1. The molecule has 1 heterocycles. The highest BCUT2D eigenvalue weighted by molar-refractivity contribution is 8.26. The normalized spacial score (nSPS) is 15.8. The van der Waals surface area contributed by atoms with Crippen molar-refractivity contribution in [2.75, 3.05) is 7.11 Å². The number of carbonyl (C=O) groups is 1. The minimum absolute atomic E-state index is 0.0620. The number of hydrogen-bond acceptors (Lipinski definition) is 5. The Labute approximate surface area is 200 Å². The van der Waals surface area contributed by atoms with E-state index in [0.717, 1.165) is 22.6 Å². The molecule has 6 heteroatoms. The zero-order valence-corrected chi connectivity index (χ0v) is 21.4. The molecule has 1 aliphatic rings. The number of nitrogens with one attached hydrogen (secondary N) is 1. The summed E-state index contributed by atoms with van der Waals surface area (Å²) in [5, 5.41) is 2.64. The SMILES string of the molecule is COc1c(C(C)(C)C)cc(COc2cccc(C=C3SC(=S)NC3=O)c2)cc1C(C)(C)C. The van der Waals surface area contributed by atoms with Gasteiger partial charge in [-0.25, -0.2) is 0 Å². The molecule has 0 radical (unpaired) electrons. The van der Waals surface area contributed by atoms with Gasteiger partial charge in [0.2, 0.25) is 0 Å². The van der Waals surface area contributed by atoms with Gasteiger partial charge in [-0.05, 0) is 52.3 Å². The van der Waals surface area contributed by atoms with Gasteiger partial charge in [0.1, 0.15) is 22.4 Å². The van der Waals surface area contributed by atoms with Gasteiger partial charge in [0.05, 0.1) is 12.0 Å². The lowest BCUT2D eigenvalue weighted by atomic mass is 9.78. The highest BCUT2D eigenvalue weighted by Crippen LogP contribution is 2.40. The van der Waals surface area contributed by atoms with Crippen LogP contribution in [0.2, 0.25) is 0 Å². The third-order valence-corrected chi connectivity index (χ3v) is 6.33. The molecule has 1 saturated heterocycles. The molecule has 1 N–H and O–H groups in total. The summed E-state index contributed by atoms with van der Waals surface area (Å²) in [6.07, 6.45) is 1.83. The quantitative estimate of drug-likeness (QED) is 0.408. The van der Waals surface area contributed by atoms with Crippen LogP contribution in [0.25, 0.3) is 6.08 Å². The maximum atomic E-state index is 11.9. The van der Waals surface area contributed by atoms with Crippen molar-refractivity contribution in [2.24, 2.45) is 0 Å². The highest BCUT2D eigenvalue weighted by Gasteiger charge is 2.27. The fourth-order valence-corrected chi connectivity index (χ4v) is 4.58. The molecule has 0 spiro atoms. The van der Waals surface area contributed by atoms with Crippen LogP contribution in [0.3, 0.4) is 0 Å². The van der Waals surface area contributed by atoms with E-state index in [4.69, 9.17) is 21.7 Å². The van der Waals surface area contributed by atoms with Crippen LogP contribution in [-0.4, -0.2) is 17.3 Å². The number of hydrogen-bond donors (Lipinski definition) is 1. The van der Waals surface area contributed by atoms with Gasteiger partial charge in [-0.2, -0.15) is 0 Å². The van der Waals surface area contributed by atoms with Crippen molar-refractivity contribution in [1.29, 1.82) is 0 Å². The monoisotopic (exact) mass is 469 g/mol. The molecule has 4 nitrogen and oxygen atoms in total. The average molecular weight is 470 g/mol. The second-order valence-electron chi connectivity index (χ2n) is 9.94. The van der Waals surface area contributed by atoms with Crippen molar-refractivity contribution in [3.8, 4) is 11.5 Å². The molecule has 1 fully saturated rings. The van der Waals surface area contributed by atoms with Gasteiger partial charge in [-0.15, -0.1) is 0 Å². The Hall–Kier alpha value is -2.31. The van der Waals surface area contributed by atoms with Crippen LogP contribution >= 0.6 is 24.0 Å². The fraction of sp³-hybridized carbons (Fsp3) is 0.385. The minimum Gasteiger partial charge on any atom is -0.496 e. The largest absolute Gasteiger partial charge is 0.496 e. The Morgan fingerprint density at radius 2 is 1.66 bits per heavy atom. The predicted octanol–water partition coefficient (Wildman–Crippen LogP) is 6.36. The lowest BCUT2D eigenvalue weighted by Gasteiger charge is -2.30. The number of benzene rings is 2. The van der Waals surface area contributed by atoms with Crippen LogP contribution in [0.4, 0.5) is 0 Å². The molecule has 0 unspecified atom stereocenters. The first-order chi connectivity index (χ1) is 14.9. The summed E-state index contributed by atoms with van der Waals surface area (Å²) in [6.45, 7) is 13.6. The molecule has 0 aliphatic carbocycles. The van der Waals surface area contributed by atoms with Crippen LogP contribution in [0.1, 0.15) is 63.8 Å². The van der Waals surface area contributed by atoms with Crippen LogP contribution in [-0.2, 0) is 22.2 Å². The number of amides is 1. The molecule has 32 heavy (non-hydrogen) atoms. The van der Waals surface area contributed by atoms with E-state index in [9.17, 15) is 4.79 Å². The Balaban J connectivity index is 1.88. The van der Waals surface area contributed by atoms with E-state index in [1.807, 2.05) is 30.3 Å². The Morgan fingerprint density at radius 1 is 1.03 bits per heavy atom. The van der Waals surface area contributed by atoms with E-state index in [1.54, 1.807) is 7.11 Å². The molecule has 1 amide bonds. The first kappa shape index (κ1) is 24.3. The molecule has 2 aromatic rings. The molecule has 170 valence electrons. The third-order valence-electron chi connectivity index (χ3n) is 5.17. The number of thiocarbonyl (C=S) groups is 1. The van der Waals surface area contributed by atoms with Crippen LogP contribution in [0, 0.1) is 0 Å². The zero-order chi connectivity index (χ0) is 23.7. The lowest BCUT2D eigenvalue weighted by Crippen LogP contribution is -2.20. The van der Waals surface area contributed by atoms with Gasteiger partial charge in [0.25, 0.3) is 5.91 Å². The molecule has 0 bridgehead atoms. The third kappa shape index (κ3) is 5.73. The summed E-state index contributed by atoms with van der Waals surface area (Å²) < 4.78 is 12.5. The minimum atomic E-state index is -0.158. The first-order valence-corrected chi connectivity index (χ1v) is 11.8. The molecule has 0 aromatic heterocycles. The van der Waals surface area contributed by atoms with Crippen molar-refractivity contribution in [3.63, 3.8) is 0 Å². The molecule has 0 saturated carbocycles. The average Bonchev–Trinajstić information content (AvgIpc) is 3.01. The molecular formula is C26H31NO3S2. The Kier molecular flexibility index (Phi) is 7.06. The zero-order valence-electron chi connectivity index (χ0n) is 19.8. The summed E-state index contributed by atoms with van der Waals surface area (Å²) in [5.74, 6) is 1.54. The van der Waals surface area contributed by atoms with E-state index < -0.39 is 0 Å². The Morgan fingerprint density at radius 3 is 2.16 bits per heavy atom. The number of carbonyl (C=O) groups excluding carboxylic acids is 1. The first-order valence-electron chi connectivity index (χ1n) is 10.6. The summed E-state index contributed by atoms with van der Waals surface area (Å²) in [4.78, 5) is 12.5. The van der Waals surface area contributed by atoms with Crippen LogP contribution in [0.15, 0.2) is 41.3 Å². The lowest BCUT2D eigenvalue weighted by molar-refractivity contribution is -0.115. The molecule has 0 atom stereocenters. The van der Waals surface area contributed by atoms with E-state index in [-0.39, 0.29) is 16.7 Å². The molecular weight excluding hydrogens is 438 g/mol. The van der Waals surface area contributed by atoms with Gasteiger partial charge < -0.3 is 14.8 Å². The van der Waals surface area contributed by atoms with Gasteiger partial charge >= 0.3 is 0 Å². The number of thioether (sulfide) groups is 1. The van der Waals surface area contributed by atoms with E-state index in [2.05, 4.69) is 59.0 Å². The van der Waals surface area contributed by atoms with E-state index in [0.29, 0.717) is 15.8 Å². The maximum Gasteiger partial charge on any atom is 0.263 e. The molecule has 1 aliphatic heterocycles. The summed E-state index contributed by atoms with van der Waals surface area (Å²) >= 11 is 6.33. The number of methoxy groups -OCH3 is 1. The Bertz CT molecular complexity index is 1040. The van der Waals surface area contributed by atoms with E-state index >= 15 is 0 Å². The smallest absolute Gasteiger partial charge is 0.263 e. The van der Waals surface area contributed by atoms with Crippen molar-refractivity contribution in [3.05, 3.63) is 63.6 Å². The topological polar surface area (TPSA) is 47.6 Å². The second-order valence-corrected chi connectivity index (χ2v) is 11.7. The second kappa shape index (κ2) is 9.28. The highest BCUT2D eigenvalue weighted by atomic mass is 32.2. The van der Waals surface area contributed by atoms with Crippen molar-refractivity contribution in [1.82, 2.24) is 5.32 Å². The van der Waals surface area contributed by atoms with Crippen LogP contribution in [0.5, 0.6) is 11.5 Å². The summed E-state index contributed by atoms with van der Waals surface area (Å²) in [5.41, 5.74) is 4.21. The number of ether oxygens (including phenoxy) is 2. The van der Waals surface area contributed by atoms with Gasteiger partial charge in [0, 0.05) is 11.1 Å². The molecule has 2 aromatic carbocycles. The van der Waals surface area contributed by atoms with Crippen molar-refractivity contribution >= 4 is 40.3 Å². The van der Waals surface area contributed by atoms with Crippen LogP contribution < -0.4 is 14.8 Å². The van der Waals surface area contributed by atoms with Gasteiger partial charge in [0.15, 0.2) is 0 Å². The summed E-state index contributed by atoms with van der Waals surface area (Å²) in [7, 11) is 1.74. The van der Waals surface area contributed by atoms with Gasteiger partial charge in [-0.3, -0.25) is 4.79 Å². The van der Waals surface area contributed by atoms with Gasteiger partial charge in [-0.1, -0.05) is 77.7 Å². The number of rotatable bonds is 5. The fourth-order valence-electron chi connectivity index (χ4n) is 3.54.